The maximum absolute atomic E-state index is 13.5. The number of amides is 1. The number of benzene rings is 2. The minimum Gasteiger partial charge on any atom is -0.394 e. The van der Waals surface area contributed by atoms with Crippen LogP contribution in [-0.4, -0.2) is 17.6 Å². The van der Waals surface area contributed by atoms with Gasteiger partial charge in [0.25, 0.3) is 5.91 Å². The van der Waals surface area contributed by atoms with Gasteiger partial charge >= 0.3 is 0 Å². The Labute approximate surface area is 114 Å². The Morgan fingerprint density at radius 2 is 1.65 bits per heavy atom. The molecule has 0 heterocycles. The second-order valence-electron chi connectivity index (χ2n) is 4.22. The number of carbonyl (C=O) groups excluding carboxylic acids is 1. The molecular formula is C15H13F2NO2. The molecule has 104 valence electrons. The summed E-state index contributed by atoms with van der Waals surface area (Å²) in [5.74, 6) is -2.77. The molecule has 0 radical (unpaired) electrons. The van der Waals surface area contributed by atoms with Crippen molar-refractivity contribution in [2.45, 2.75) is 6.04 Å². The predicted molar refractivity (Wildman–Crippen MR) is 70.1 cm³/mol. The van der Waals surface area contributed by atoms with Gasteiger partial charge in [0.1, 0.15) is 17.2 Å². The van der Waals surface area contributed by atoms with E-state index in [2.05, 4.69) is 5.32 Å². The SMILES string of the molecule is O=C(N[C@H](CO)c1ccccc1)c1c(F)cccc1F. The van der Waals surface area contributed by atoms with Crippen molar-refractivity contribution in [2.24, 2.45) is 0 Å². The number of hydrogen-bond donors (Lipinski definition) is 2. The molecular weight excluding hydrogens is 264 g/mol. The molecule has 0 saturated heterocycles. The number of aliphatic hydroxyl groups is 1. The minimum absolute atomic E-state index is 0.369. The first kappa shape index (κ1) is 14.1. The number of aliphatic hydroxyl groups excluding tert-OH is 1. The normalized spacial score (nSPS) is 11.9. The van der Waals surface area contributed by atoms with Crippen LogP contribution in [0.25, 0.3) is 0 Å². The van der Waals surface area contributed by atoms with Gasteiger partial charge in [-0.1, -0.05) is 36.4 Å². The zero-order valence-corrected chi connectivity index (χ0v) is 10.5. The lowest BCUT2D eigenvalue weighted by atomic mass is 10.1. The number of halogens is 2. The van der Waals surface area contributed by atoms with Crippen molar-refractivity contribution in [3.63, 3.8) is 0 Å². The third-order valence-electron chi connectivity index (χ3n) is 2.88. The summed E-state index contributed by atoms with van der Waals surface area (Å²) in [4.78, 5) is 11.9. The molecule has 5 heteroatoms. The lowest BCUT2D eigenvalue weighted by Gasteiger charge is -2.17. The molecule has 0 aliphatic rings. The first-order valence-corrected chi connectivity index (χ1v) is 6.04. The number of hydrogen-bond acceptors (Lipinski definition) is 2. The highest BCUT2D eigenvalue weighted by Crippen LogP contribution is 2.16. The van der Waals surface area contributed by atoms with Gasteiger partial charge in [-0.3, -0.25) is 4.79 Å². The van der Waals surface area contributed by atoms with Gasteiger partial charge in [-0.05, 0) is 17.7 Å². The average molecular weight is 277 g/mol. The maximum Gasteiger partial charge on any atom is 0.257 e. The summed E-state index contributed by atoms with van der Waals surface area (Å²) >= 11 is 0. The van der Waals surface area contributed by atoms with E-state index in [1.165, 1.54) is 6.07 Å². The first-order valence-electron chi connectivity index (χ1n) is 6.04. The van der Waals surface area contributed by atoms with Crippen molar-refractivity contribution < 1.29 is 18.7 Å². The summed E-state index contributed by atoms with van der Waals surface area (Å²) in [5, 5.41) is 11.7. The Hall–Kier alpha value is -2.27. The molecule has 0 aromatic heterocycles. The number of carbonyl (C=O) groups is 1. The summed E-state index contributed by atoms with van der Waals surface area (Å²) < 4.78 is 27.0. The van der Waals surface area contributed by atoms with Gasteiger partial charge < -0.3 is 10.4 Å². The van der Waals surface area contributed by atoms with Gasteiger partial charge in [0.15, 0.2) is 0 Å². The Morgan fingerprint density at radius 1 is 1.05 bits per heavy atom. The largest absolute Gasteiger partial charge is 0.394 e. The van der Waals surface area contributed by atoms with E-state index in [-0.39, 0.29) is 6.61 Å². The van der Waals surface area contributed by atoms with Crippen molar-refractivity contribution in [3.8, 4) is 0 Å². The van der Waals surface area contributed by atoms with Gasteiger partial charge in [0, 0.05) is 0 Å². The second-order valence-corrected chi connectivity index (χ2v) is 4.22. The van der Waals surface area contributed by atoms with Gasteiger partial charge in [-0.25, -0.2) is 8.78 Å². The highest BCUT2D eigenvalue weighted by molar-refractivity contribution is 5.95. The molecule has 2 N–H and O–H groups in total. The molecule has 0 unspecified atom stereocenters. The summed E-state index contributed by atoms with van der Waals surface area (Å²) in [7, 11) is 0. The van der Waals surface area contributed by atoms with Gasteiger partial charge in [-0.2, -0.15) is 0 Å². The van der Waals surface area contributed by atoms with Crippen molar-refractivity contribution in [1.29, 1.82) is 0 Å². The Morgan fingerprint density at radius 3 is 2.20 bits per heavy atom. The summed E-state index contributed by atoms with van der Waals surface area (Å²) in [5.41, 5.74) is 0.00183. The van der Waals surface area contributed by atoms with Crippen LogP contribution < -0.4 is 5.32 Å². The highest BCUT2D eigenvalue weighted by Gasteiger charge is 2.20. The summed E-state index contributed by atoms with van der Waals surface area (Å²) in [6, 6.07) is 11.2. The first-order chi connectivity index (χ1) is 9.63. The molecule has 0 saturated carbocycles. The fourth-order valence-electron chi connectivity index (χ4n) is 1.86. The lowest BCUT2D eigenvalue weighted by Crippen LogP contribution is -2.32. The fraction of sp³-hybridized carbons (Fsp3) is 0.133. The lowest BCUT2D eigenvalue weighted by molar-refractivity contribution is 0.0907. The molecule has 2 rings (SSSR count). The van der Waals surface area contributed by atoms with E-state index in [9.17, 15) is 18.7 Å². The van der Waals surface area contributed by atoms with Crippen molar-refractivity contribution in [1.82, 2.24) is 5.32 Å². The smallest absolute Gasteiger partial charge is 0.257 e. The van der Waals surface area contributed by atoms with Crippen LogP contribution in [0.3, 0.4) is 0 Å². The van der Waals surface area contributed by atoms with Crippen LogP contribution in [0, 0.1) is 11.6 Å². The zero-order chi connectivity index (χ0) is 14.5. The number of nitrogens with one attached hydrogen (secondary N) is 1. The van der Waals surface area contributed by atoms with Crippen LogP contribution in [0.1, 0.15) is 22.0 Å². The van der Waals surface area contributed by atoms with E-state index in [1.807, 2.05) is 0 Å². The molecule has 2 aromatic carbocycles. The molecule has 1 amide bonds. The molecule has 0 aliphatic carbocycles. The fourth-order valence-corrected chi connectivity index (χ4v) is 1.86. The monoisotopic (exact) mass is 277 g/mol. The zero-order valence-electron chi connectivity index (χ0n) is 10.5. The Balaban J connectivity index is 2.22. The second kappa shape index (κ2) is 6.25. The average Bonchev–Trinajstić information content (AvgIpc) is 2.45. The van der Waals surface area contributed by atoms with Crippen LogP contribution >= 0.6 is 0 Å². The van der Waals surface area contributed by atoms with Crippen LogP contribution in [0.2, 0.25) is 0 Å². The number of rotatable bonds is 4. The van der Waals surface area contributed by atoms with E-state index >= 15 is 0 Å². The van der Waals surface area contributed by atoms with Crippen LogP contribution in [0.5, 0.6) is 0 Å². The van der Waals surface area contributed by atoms with Crippen LogP contribution in [0.15, 0.2) is 48.5 Å². The highest BCUT2D eigenvalue weighted by atomic mass is 19.1. The van der Waals surface area contributed by atoms with Gasteiger partial charge in [0.05, 0.1) is 12.6 Å². The van der Waals surface area contributed by atoms with E-state index in [0.29, 0.717) is 5.56 Å². The summed E-state index contributed by atoms with van der Waals surface area (Å²) in [6.45, 7) is -0.369. The molecule has 20 heavy (non-hydrogen) atoms. The third kappa shape index (κ3) is 3.00. The third-order valence-corrected chi connectivity index (χ3v) is 2.88. The van der Waals surface area contributed by atoms with E-state index in [0.717, 1.165) is 12.1 Å². The molecule has 0 fully saturated rings. The molecule has 3 nitrogen and oxygen atoms in total. The Bertz CT molecular complexity index is 582. The van der Waals surface area contributed by atoms with E-state index in [1.54, 1.807) is 30.3 Å². The standard InChI is InChI=1S/C15H13F2NO2/c16-11-7-4-8-12(17)14(11)15(20)18-13(9-19)10-5-2-1-3-6-10/h1-8,13,19H,9H2,(H,18,20)/t13-/m1/s1. The van der Waals surface area contributed by atoms with Crippen molar-refractivity contribution in [2.75, 3.05) is 6.61 Å². The summed E-state index contributed by atoms with van der Waals surface area (Å²) in [6.07, 6.45) is 0. The van der Waals surface area contributed by atoms with Crippen molar-refractivity contribution >= 4 is 5.91 Å². The van der Waals surface area contributed by atoms with Gasteiger partial charge in [-0.15, -0.1) is 0 Å². The molecule has 0 bridgehead atoms. The quantitative estimate of drug-likeness (QED) is 0.901. The minimum atomic E-state index is -0.938. The van der Waals surface area contributed by atoms with Crippen LogP contribution in [-0.2, 0) is 0 Å². The Kier molecular flexibility index (Phi) is 4.42. The van der Waals surface area contributed by atoms with E-state index in [4.69, 9.17) is 0 Å². The van der Waals surface area contributed by atoms with Gasteiger partial charge in [0.2, 0.25) is 0 Å². The predicted octanol–water partition coefficient (Wildman–Crippen LogP) is 2.43. The van der Waals surface area contributed by atoms with E-state index < -0.39 is 29.1 Å². The van der Waals surface area contributed by atoms with Crippen molar-refractivity contribution in [3.05, 3.63) is 71.3 Å². The molecule has 2 aromatic rings. The topological polar surface area (TPSA) is 49.3 Å². The molecule has 0 aliphatic heterocycles. The molecule has 0 spiro atoms. The van der Waals surface area contributed by atoms with Crippen LogP contribution in [0.4, 0.5) is 8.78 Å². The maximum atomic E-state index is 13.5. The molecule has 1 atom stereocenters.